The molecule has 0 bridgehead atoms. The summed E-state index contributed by atoms with van der Waals surface area (Å²) in [6, 6.07) is 24.8. The first kappa shape index (κ1) is 20.6. The van der Waals surface area contributed by atoms with Gasteiger partial charge in [0.05, 0.1) is 22.8 Å². The molecule has 9 heteroatoms. The van der Waals surface area contributed by atoms with Gasteiger partial charge in [0.1, 0.15) is 17.5 Å². The number of amides is 1. The van der Waals surface area contributed by atoms with Gasteiger partial charge in [-0.2, -0.15) is 10.5 Å². The summed E-state index contributed by atoms with van der Waals surface area (Å²) in [5.41, 5.74) is 4.05. The Morgan fingerprint density at radius 1 is 1.11 bits per heavy atom. The van der Waals surface area contributed by atoms with Crippen LogP contribution in [0.3, 0.4) is 0 Å². The highest BCUT2D eigenvalue weighted by molar-refractivity contribution is 6.08. The van der Waals surface area contributed by atoms with Gasteiger partial charge in [0, 0.05) is 29.5 Å². The van der Waals surface area contributed by atoms with E-state index in [0.29, 0.717) is 34.9 Å². The summed E-state index contributed by atoms with van der Waals surface area (Å²) in [6.07, 6.45) is 0.642. The van der Waals surface area contributed by atoms with E-state index in [4.69, 9.17) is 4.74 Å². The van der Waals surface area contributed by atoms with E-state index in [-0.39, 0.29) is 12.0 Å². The molecular formula is C26H19N7O2. The lowest BCUT2D eigenvalue weighted by molar-refractivity contribution is 0.101. The molecule has 6 rings (SSSR count). The van der Waals surface area contributed by atoms with Crippen molar-refractivity contribution in [3.63, 3.8) is 0 Å². The zero-order chi connectivity index (χ0) is 23.8. The van der Waals surface area contributed by atoms with Crippen molar-refractivity contribution in [2.45, 2.75) is 19.1 Å². The van der Waals surface area contributed by atoms with E-state index in [1.165, 1.54) is 0 Å². The molecule has 35 heavy (non-hydrogen) atoms. The quantitative estimate of drug-likeness (QED) is 0.398. The Bertz CT molecular complexity index is 1580. The molecule has 2 aromatic heterocycles. The van der Waals surface area contributed by atoms with Gasteiger partial charge in [-0.05, 0) is 41.6 Å². The molecule has 1 amide bonds. The highest BCUT2D eigenvalue weighted by Crippen LogP contribution is 2.37. The Labute approximate surface area is 200 Å². The average molecular weight is 461 g/mol. The van der Waals surface area contributed by atoms with E-state index >= 15 is 0 Å². The molecular weight excluding hydrogens is 442 g/mol. The maximum atomic E-state index is 13.5. The van der Waals surface area contributed by atoms with Gasteiger partial charge in [-0.15, -0.1) is 10.2 Å². The van der Waals surface area contributed by atoms with Crippen LogP contribution in [0, 0.1) is 11.3 Å². The number of H-pyrrole nitrogens is 1. The van der Waals surface area contributed by atoms with Crippen molar-refractivity contribution in [3.05, 3.63) is 89.6 Å². The van der Waals surface area contributed by atoms with Crippen LogP contribution in [0.2, 0.25) is 0 Å². The summed E-state index contributed by atoms with van der Waals surface area (Å²) in [7, 11) is 0. The second-order valence-corrected chi connectivity index (χ2v) is 8.24. The lowest BCUT2D eigenvalue weighted by atomic mass is 10.0. The van der Waals surface area contributed by atoms with Gasteiger partial charge < -0.3 is 14.6 Å². The molecule has 3 heterocycles. The molecule has 2 N–H and O–H groups in total. The van der Waals surface area contributed by atoms with Crippen molar-refractivity contribution in [2.75, 3.05) is 5.32 Å². The van der Waals surface area contributed by atoms with Crippen LogP contribution in [-0.4, -0.2) is 31.1 Å². The highest BCUT2D eigenvalue weighted by Gasteiger charge is 2.27. The third-order valence-electron chi connectivity index (χ3n) is 6.15. The second-order valence-electron chi connectivity index (χ2n) is 8.24. The molecule has 170 valence electrons. The fourth-order valence-corrected chi connectivity index (χ4v) is 4.59. The van der Waals surface area contributed by atoms with Crippen LogP contribution < -0.4 is 10.1 Å². The number of anilines is 1. The number of carbonyl (C=O) groups is 1. The fraction of sp³-hybridized carbons (Fsp3) is 0.115. The second kappa shape index (κ2) is 8.43. The molecule has 0 saturated heterocycles. The molecule has 0 saturated carbocycles. The normalized spacial score (nSPS) is 14.4. The number of nitrogens with one attached hydrogen (secondary N) is 2. The van der Waals surface area contributed by atoms with Gasteiger partial charge in [-0.3, -0.25) is 4.79 Å². The number of para-hydroxylation sites is 2. The third kappa shape index (κ3) is 3.67. The Balaban J connectivity index is 1.35. The van der Waals surface area contributed by atoms with Gasteiger partial charge in [0.15, 0.2) is 0 Å². The van der Waals surface area contributed by atoms with E-state index in [2.05, 4.69) is 38.1 Å². The van der Waals surface area contributed by atoms with Crippen LogP contribution in [0.15, 0.2) is 72.8 Å². The van der Waals surface area contributed by atoms with E-state index < -0.39 is 0 Å². The number of benzene rings is 3. The minimum atomic E-state index is -0.260. The lowest BCUT2D eigenvalue weighted by Crippen LogP contribution is -2.22. The van der Waals surface area contributed by atoms with Crippen LogP contribution in [0.25, 0.3) is 22.3 Å². The number of nitrogens with zero attached hydrogens (tertiary/aromatic N) is 5. The number of ether oxygens (including phenoxy) is 1. The predicted octanol–water partition coefficient (Wildman–Crippen LogP) is 4.47. The summed E-state index contributed by atoms with van der Waals surface area (Å²) in [5.74, 6) is 0.855. The lowest BCUT2D eigenvalue weighted by Gasteiger charge is -2.27. The van der Waals surface area contributed by atoms with E-state index in [0.717, 1.165) is 28.6 Å². The minimum Gasteiger partial charge on any atom is -0.486 e. The Hall–Kier alpha value is -4.97. The number of aromatic amines is 1. The highest BCUT2D eigenvalue weighted by atomic mass is 16.5. The fourth-order valence-electron chi connectivity index (χ4n) is 4.59. The molecule has 0 radical (unpaired) electrons. The van der Waals surface area contributed by atoms with Crippen LogP contribution in [-0.2, 0) is 6.54 Å². The average Bonchev–Trinajstić information content (AvgIpc) is 3.56. The topological polar surface area (TPSA) is 122 Å². The number of tetrazole rings is 1. The molecule has 0 aliphatic carbocycles. The molecule has 1 aliphatic heterocycles. The molecule has 5 aromatic rings. The van der Waals surface area contributed by atoms with Crippen LogP contribution >= 0.6 is 0 Å². The monoisotopic (exact) mass is 461 g/mol. The van der Waals surface area contributed by atoms with Crippen LogP contribution in [0.5, 0.6) is 5.75 Å². The number of nitriles is 1. The van der Waals surface area contributed by atoms with Gasteiger partial charge in [-0.25, -0.2) is 0 Å². The van der Waals surface area contributed by atoms with Gasteiger partial charge in [0.2, 0.25) is 5.82 Å². The summed E-state index contributed by atoms with van der Waals surface area (Å²) in [4.78, 5) is 13.5. The third-order valence-corrected chi connectivity index (χ3v) is 6.15. The molecule has 1 atom stereocenters. The van der Waals surface area contributed by atoms with E-state index in [1.54, 1.807) is 18.2 Å². The van der Waals surface area contributed by atoms with Crippen molar-refractivity contribution in [3.8, 4) is 23.2 Å². The van der Waals surface area contributed by atoms with E-state index in [1.807, 2.05) is 53.1 Å². The number of carbonyl (C=O) groups excluding carboxylic acids is 1. The number of aromatic nitrogens is 5. The number of aryl methyl sites for hydroxylation is 1. The van der Waals surface area contributed by atoms with Gasteiger partial charge >= 0.3 is 0 Å². The molecule has 0 fully saturated rings. The first-order valence-electron chi connectivity index (χ1n) is 11.1. The molecule has 1 aliphatic rings. The van der Waals surface area contributed by atoms with Gasteiger partial charge in [0.25, 0.3) is 5.91 Å². The zero-order valence-corrected chi connectivity index (χ0v) is 18.5. The van der Waals surface area contributed by atoms with Crippen LogP contribution in [0.1, 0.15) is 34.1 Å². The summed E-state index contributed by atoms with van der Waals surface area (Å²) in [6.45, 7) is 0.645. The van der Waals surface area contributed by atoms with Gasteiger partial charge in [-0.1, -0.05) is 36.4 Å². The van der Waals surface area contributed by atoms with Crippen molar-refractivity contribution >= 4 is 22.5 Å². The molecule has 0 spiro atoms. The number of rotatable bonds is 5. The number of hydrogen-bond acceptors (Lipinski definition) is 6. The van der Waals surface area contributed by atoms with E-state index in [9.17, 15) is 10.1 Å². The zero-order valence-electron chi connectivity index (χ0n) is 18.5. The molecule has 9 nitrogen and oxygen atoms in total. The van der Waals surface area contributed by atoms with Crippen molar-refractivity contribution < 1.29 is 9.53 Å². The SMILES string of the molecule is N#Cc1ccc(NC(=O)c2cc3cccc4c3n2CCC4Oc2ccccc2)c(-c2nn[nH]n2)c1. The number of hydrogen-bond donors (Lipinski definition) is 2. The summed E-state index contributed by atoms with van der Waals surface area (Å²) < 4.78 is 8.33. The van der Waals surface area contributed by atoms with Crippen LogP contribution in [0.4, 0.5) is 5.69 Å². The maximum absolute atomic E-state index is 13.5. The maximum Gasteiger partial charge on any atom is 0.272 e. The summed E-state index contributed by atoms with van der Waals surface area (Å²) >= 11 is 0. The van der Waals surface area contributed by atoms with Crippen molar-refractivity contribution in [1.29, 1.82) is 5.26 Å². The predicted molar refractivity (Wildman–Crippen MR) is 129 cm³/mol. The Kier molecular flexibility index (Phi) is 4.96. The Morgan fingerprint density at radius 3 is 2.80 bits per heavy atom. The Morgan fingerprint density at radius 2 is 2.00 bits per heavy atom. The largest absolute Gasteiger partial charge is 0.486 e. The molecule has 3 aromatic carbocycles. The standard InChI is InChI=1S/C26H19N7O2/c27-15-16-9-10-21(20(13-16)25-29-31-32-30-25)28-26(34)22-14-17-5-4-8-19-23(11-12-33(22)24(17)19)35-18-6-2-1-3-7-18/h1-10,13-14,23H,11-12H2,(H,28,34)(H,29,30,31,32). The summed E-state index contributed by atoms with van der Waals surface area (Å²) in [5, 5.41) is 27.3. The van der Waals surface area contributed by atoms with Crippen molar-refractivity contribution in [1.82, 2.24) is 25.2 Å². The smallest absolute Gasteiger partial charge is 0.272 e. The molecule has 1 unspecified atom stereocenters. The first-order chi connectivity index (χ1) is 17.2. The van der Waals surface area contributed by atoms with Crippen molar-refractivity contribution in [2.24, 2.45) is 0 Å². The first-order valence-corrected chi connectivity index (χ1v) is 11.1. The minimum absolute atomic E-state index is 0.0946.